The van der Waals surface area contributed by atoms with Crippen LogP contribution in [0, 0.1) is 5.92 Å². The quantitative estimate of drug-likeness (QED) is 0.778. The second kappa shape index (κ2) is 9.02. The van der Waals surface area contributed by atoms with Gasteiger partial charge in [-0.15, -0.1) is 0 Å². The van der Waals surface area contributed by atoms with Crippen LogP contribution in [0.4, 0.5) is 0 Å². The summed E-state index contributed by atoms with van der Waals surface area (Å²) in [5.74, 6) is 0.976. The van der Waals surface area contributed by atoms with Crippen LogP contribution in [0.1, 0.15) is 26.0 Å². The Hall–Kier alpha value is -1.85. The van der Waals surface area contributed by atoms with E-state index in [1.165, 1.54) is 6.26 Å². The van der Waals surface area contributed by atoms with Gasteiger partial charge in [-0.2, -0.15) is 0 Å². The smallest absolute Gasteiger partial charge is 0.226 e. The first-order valence-electron chi connectivity index (χ1n) is 8.48. The molecule has 0 fully saturated rings. The number of carbonyl (C=O) groups is 1. The molecule has 1 amide bonds. The third-order valence-electron chi connectivity index (χ3n) is 3.69. The molecular formula is C19H26ClN3O2. The van der Waals surface area contributed by atoms with Gasteiger partial charge in [-0.05, 0) is 50.7 Å². The van der Waals surface area contributed by atoms with Crippen LogP contribution in [0.15, 0.2) is 34.9 Å². The number of aromatic nitrogens is 1. The van der Waals surface area contributed by atoms with Gasteiger partial charge in [0.2, 0.25) is 11.8 Å². The maximum absolute atomic E-state index is 12.3. The predicted molar refractivity (Wildman–Crippen MR) is 101 cm³/mol. The van der Waals surface area contributed by atoms with Crippen molar-refractivity contribution in [1.29, 1.82) is 0 Å². The Morgan fingerprint density at radius 1 is 1.28 bits per heavy atom. The Labute approximate surface area is 154 Å². The highest BCUT2D eigenvalue weighted by atomic mass is 35.5. The first-order chi connectivity index (χ1) is 11.8. The molecule has 0 spiro atoms. The minimum Gasteiger partial charge on any atom is -0.444 e. The van der Waals surface area contributed by atoms with Crippen molar-refractivity contribution >= 4 is 17.5 Å². The van der Waals surface area contributed by atoms with Crippen molar-refractivity contribution in [3.63, 3.8) is 0 Å². The van der Waals surface area contributed by atoms with Crippen LogP contribution in [0.5, 0.6) is 0 Å². The number of benzene rings is 1. The fraction of sp³-hybridized carbons (Fsp3) is 0.474. The predicted octanol–water partition coefficient (Wildman–Crippen LogP) is 3.63. The molecule has 25 heavy (non-hydrogen) atoms. The molecule has 0 aliphatic rings. The van der Waals surface area contributed by atoms with Gasteiger partial charge < -0.3 is 14.6 Å². The van der Waals surface area contributed by atoms with Crippen molar-refractivity contribution in [3.8, 4) is 11.5 Å². The number of rotatable bonds is 8. The van der Waals surface area contributed by atoms with E-state index in [4.69, 9.17) is 16.0 Å². The molecule has 0 unspecified atom stereocenters. The van der Waals surface area contributed by atoms with E-state index in [0.717, 1.165) is 18.5 Å². The lowest BCUT2D eigenvalue weighted by Crippen LogP contribution is -2.43. The van der Waals surface area contributed by atoms with E-state index >= 15 is 0 Å². The average Bonchev–Trinajstić information content (AvgIpc) is 2.94. The van der Waals surface area contributed by atoms with Crippen molar-refractivity contribution in [2.75, 3.05) is 20.6 Å². The van der Waals surface area contributed by atoms with Crippen molar-refractivity contribution < 1.29 is 9.21 Å². The summed E-state index contributed by atoms with van der Waals surface area (Å²) in [7, 11) is 4.02. The van der Waals surface area contributed by atoms with Gasteiger partial charge in [0.05, 0.1) is 12.1 Å². The molecule has 6 heteroatoms. The first-order valence-corrected chi connectivity index (χ1v) is 8.85. The number of hydrogen-bond donors (Lipinski definition) is 1. The van der Waals surface area contributed by atoms with E-state index in [2.05, 4.69) is 29.0 Å². The molecule has 0 radical (unpaired) electrons. The summed E-state index contributed by atoms with van der Waals surface area (Å²) in [5.41, 5.74) is 1.46. The van der Waals surface area contributed by atoms with E-state index in [1.807, 2.05) is 26.2 Å². The van der Waals surface area contributed by atoms with Crippen molar-refractivity contribution in [2.45, 2.75) is 32.7 Å². The van der Waals surface area contributed by atoms with Crippen LogP contribution in [0.25, 0.3) is 11.5 Å². The molecule has 2 rings (SSSR count). The maximum atomic E-state index is 12.3. The number of nitrogens with one attached hydrogen (secondary N) is 1. The zero-order valence-electron chi connectivity index (χ0n) is 15.3. The van der Waals surface area contributed by atoms with Crippen molar-refractivity contribution in [2.24, 2.45) is 5.92 Å². The summed E-state index contributed by atoms with van der Waals surface area (Å²) in [5, 5.41) is 3.76. The molecule has 1 heterocycles. The molecule has 0 aliphatic heterocycles. The fourth-order valence-corrected chi connectivity index (χ4v) is 2.87. The van der Waals surface area contributed by atoms with Gasteiger partial charge in [0.15, 0.2) is 0 Å². The van der Waals surface area contributed by atoms with Gasteiger partial charge in [-0.1, -0.05) is 25.4 Å². The summed E-state index contributed by atoms with van der Waals surface area (Å²) >= 11 is 5.89. The second-order valence-electron chi connectivity index (χ2n) is 6.98. The number of oxazole rings is 1. The van der Waals surface area contributed by atoms with Crippen LogP contribution in [0.3, 0.4) is 0 Å². The number of halogens is 1. The Morgan fingerprint density at radius 3 is 2.56 bits per heavy atom. The van der Waals surface area contributed by atoms with Gasteiger partial charge in [-0.25, -0.2) is 4.98 Å². The zero-order valence-corrected chi connectivity index (χ0v) is 16.0. The third kappa shape index (κ3) is 6.52. The summed E-state index contributed by atoms with van der Waals surface area (Å²) in [6, 6.07) is 7.38. The molecule has 1 atom stereocenters. The SMILES string of the molecule is CC(C)C[C@H](CN(C)C)NC(=O)Cc1coc(-c2ccc(Cl)cc2)n1. The zero-order chi connectivity index (χ0) is 18.4. The van der Waals surface area contributed by atoms with E-state index in [0.29, 0.717) is 22.5 Å². The van der Waals surface area contributed by atoms with Crippen molar-refractivity contribution in [3.05, 3.63) is 41.2 Å². The van der Waals surface area contributed by atoms with E-state index < -0.39 is 0 Å². The van der Waals surface area contributed by atoms with Gasteiger partial charge in [0, 0.05) is 23.2 Å². The van der Waals surface area contributed by atoms with Gasteiger partial charge in [0.1, 0.15) is 6.26 Å². The highest BCUT2D eigenvalue weighted by molar-refractivity contribution is 6.30. The molecule has 2 aromatic rings. The average molecular weight is 364 g/mol. The highest BCUT2D eigenvalue weighted by Crippen LogP contribution is 2.21. The first kappa shape index (κ1) is 19.5. The largest absolute Gasteiger partial charge is 0.444 e. The van der Waals surface area contributed by atoms with Crippen molar-refractivity contribution in [1.82, 2.24) is 15.2 Å². The lowest BCUT2D eigenvalue weighted by atomic mass is 10.0. The number of nitrogens with zero attached hydrogens (tertiary/aromatic N) is 2. The molecule has 0 aliphatic carbocycles. The van der Waals surface area contributed by atoms with Gasteiger partial charge in [0.25, 0.3) is 0 Å². The molecule has 0 saturated heterocycles. The Balaban J connectivity index is 1.96. The molecule has 136 valence electrons. The van der Waals surface area contributed by atoms with Crippen LogP contribution in [-0.4, -0.2) is 42.5 Å². The minimum absolute atomic E-state index is 0.0385. The standard InChI is InChI=1S/C19H26ClN3O2/c1-13(2)9-16(11-23(3)4)21-18(24)10-17-12-25-19(22-17)14-5-7-15(20)8-6-14/h5-8,12-13,16H,9-11H2,1-4H3,(H,21,24)/t16-/m1/s1. The number of carbonyl (C=O) groups excluding carboxylic acids is 1. The van der Waals surface area contributed by atoms with E-state index in [9.17, 15) is 4.79 Å². The van der Waals surface area contributed by atoms with Crippen LogP contribution in [-0.2, 0) is 11.2 Å². The van der Waals surface area contributed by atoms with Crippen LogP contribution < -0.4 is 5.32 Å². The van der Waals surface area contributed by atoms with E-state index in [-0.39, 0.29) is 18.4 Å². The molecule has 1 aromatic heterocycles. The Bertz CT molecular complexity index is 670. The molecule has 0 saturated carbocycles. The summed E-state index contributed by atoms with van der Waals surface area (Å²) < 4.78 is 5.48. The normalized spacial score (nSPS) is 12.6. The maximum Gasteiger partial charge on any atom is 0.226 e. The Kier molecular flexibility index (Phi) is 7.02. The number of likely N-dealkylation sites (N-methyl/N-ethyl adjacent to an activating group) is 1. The Morgan fingerprint density at radius 2 is 1.96 bits per heavy atom. The lowest BCUT2D eigenvalue weighted by molar-refractivity contribution is -0.121. The molecule has 5 nitrogen and oxygen atoms in total. The van der Waals surface area contributed by atoms with E-state index in [1.54, 1.807) is 12.1 Å². The third-order valence-corrected chi connectivity index (χ3v) is 3.94. The summed E-state index contributed by atoms with van der Waals surface area (Å²) in [4.78, 5) is 18.8. The highest BCUT2D eigenvalue weighted by Gasteiger charge is 2.17. The second-order valence-corrected chi connectivity index (χ2v) is 7.42. The topological polar surface area (TPSA) is 58.4 Å². The van der Waals surface area contributed by atoms with Gasteiger partial charge in [-0.3, -0.25) is 4.79 Å². The fourth-order valence-electron chi connectivity index (χ4n) is 2.75. The van der Waals surface area contributed by atoms with Crippen LogP contribution in [0.2, 0.25) is 5.02 Å². The van der Waals surface area contributed by atoms with Crippen LogP contribution >= 0.6 is 11.6 Å². The molecular weight excluding hydrogens is 338 g/mol. The van der Waals surface area contributed by atoms with Gasteiger partial charge >= 0.3 is 0 Å². The number of hydrogen-bond acceptors (Lipinski definition) is 4. The molecule has 1 aromatic carbocycles. The number of amides is 1. The minimum atomic E-state index is -0.0385. The summed E-state index contributed by atoms with van der Waals surface area (Å²) in [6.07, 6.45) is 2.69. The summed E-state index contributed by atoms with van der Waals surface area (Å²) in [6.45, 7) is 5.13. The molecule has 1 N–H and O–H groups in total. The molecule has 0 bridgehead atoms. The lowest BCUT2D eigenvalue weighted by Gasteiger charge is -2.23. The monoisotopic (exact) mass is 363 g/mol.